The van der Waals surface area contributed by atoms with E-state index in [2.05, 4.69) is 15.0 Å². The van der Waals surface area contributed by atoms with Crippen molar-refractivity contribution in [2.24, 2.45) is 5.41 Å². The summed E-state index contributed by atoms with van der Waals surface area (Å²) in [6.07, 6.45) is 1.77. The molecule has 1 fully saturated rings. The molecule has 1 heterocycles. The van der Waals surface area contributed by atoms with Gasteiger partial charge in [0.25, 0.3) is 0 Å². The van der Waals surface area contributed by atoms with Gasteiger partial charge in [-0.2, -0.15) is 13.8 Å². The minimum absolute atomic E-state index is 0.0330. The number of alkyl halides is 2. The maximum absolute atomic E-state index is 13.7. The zero-order valence-corrected chi connectivity index (χ0v) is 20.3. The van der Waals surface area contributed by atoms with Crippen LogP contribution >= 0.6 is 0 Å². The SMILES string of the molecule is COc1ccc(NC(=O)N(c2ccccc2C(C)C)C2CCC(C)(C(=O)O)CC2)c(OC(F)F)n1. The van der Waals surface area contributed by atoms with E-state index >= 15 is 0 Å². The summed E-state index contributed by atoms with van der Waals surface area (Å²) in [5.74, 6) is -1.16. The number of carbonyl (C=O) groups excluding carboxylic acids is 1. The summed E-state index contributed by atoms with van der Waals surface area (Å²) in [5.41, 5.74) is 0.733. The quantitative estimate of drug-likeness (QED) is 0.478. The van der Waals surface area contributed by atoms with Gasteiger partial charge in [-0.1, -0.05) is 32.0 Å². The maximum atomic E-state index is 13.7. The van der Waals surface area contributed by atoms with Crippen LogP contribution in [0.4, 0.5) is 25.0 Å². The second-order valence-electron chi connectivity index (χ2n) is 9.20. The van der Waals surface area contributed by atoms with Crippen LogP contribution in [0.2, 0.25) is 0 Å². The van der Waals surface area contributed by atoms with Crippen LogP contribution in [-0.4, -0.2) is 41.9 Å². The highest BCUT2D eigenvalue weighted by molar-refractivity contribution is 6.03. The number of urea groups is 1. The van der Waals surface area contributed by atoms with Gasteiger partial charge >= 0.3 is 18.6 Å². The van der Waals surface area contributed by atoms with Crippen molar-refractivity contribution in [2.75, 3.05) is 17.3 Å². The van der Waals surface area contributed by atoms with E-state index in [1.165, 1.54) is 19.2 Å². The van der Waals surface area contributed by atoms with Crippen LogP contribution < -0.4 is 19.7 Å². The first kappa shape index (κ1) is 26.2. The maximum Gasteiger partial charge on any atom is 0.388 e. The lowest BCUT2D eigenvalue weighted by atomic mass is 9.73. The minimum Gasteiger partial charge on any atom is -0.481 e. The first-order valence-corrected chi connectivity index (χ1v) is 11.5. The number of carboxylic acid groups (broad SMARTS) is 1. The molecule has 3 rings (SSSR count). The van der Waals surface area contributed by atoms with Gasteiger partial charge in [0.15, 0.2) is 0 Å². The number of aromatic nitrogens is 1. The Morgan fingerprint density at radius 2 is 1.83 bits per heavy atom. The van der Waals surface area contributed by atoms with Crippen molar-refractivity contribution in [1.82, 2.24) is 4.98 Å². The van der Waals surface area contributed by atoms with Crippen molar-refractivity contribution in [3.05, 3.63) is 42.0 Å². The molecule has 1 aromatic carbocycles. The van der Waals surface area contributed by atoms with E-state index in [1.807, 2.05) is 38.1 Å². The van der Waals surface area contributed by atoms with Crippen LogP contribution in [0.1, 0.15) is 57.9 Å². The first-order valence-electron chi connectivity index (χ1n) is 11.5. The third-order valence-electron chi connectivity index (χ3n) is 6.46. The van der Waals surface area contributed by atoms with Crippen molar-refractivity contribution in [3.63, 3.8) is 0 Å². The molecule has 0 unspecified atom stereocenters. The molecular formula is C25H31F2N3O5. The average molecular weight is 492 g/mol. The van der Waals surface area contributed by atoms with Gasteiger partial charge in [0, 0.05) is 17.8 Å². The summed E-state index contributed by atoms with van der Waals surface area (Å²) in [4.78, 5) is 30.9. The van der Waals surface area contributed by atoms with Crippen molar-refractivity contribution in [1.29, 1.82) is 0 Å². The van der Waals surface area contributed by atoms with E-state index in [-0.39, 0.29) is 23.5 Å². The Balaban J connectivity index is 1.98. The van der Waals surface area contributed by atoms with Gasteiger partial charge in [0.05, 0.1) is 12.5 Å². The number of halogens is 2. The van der Waals surface area contributed by atoms with Gasteiger partial charge < -0.3 is 19.9 Å². The van der Waals surface area contributed by atoms with E-state index in [1.54, 1.807) is 11.8 Å². The van der Waals surface area contributed by atoms with E-state index in [0.717, 1.165) is 5.56 Å². The summed E-state index contributed by atoms with van der Waals surface area (Å²) in [6, 6.07) is 9.47. The van der Waals surface area contributed by atoms with Crippen LogP contribution in [0.15, 0.2) is 36.4 Å². The third kappa shape index (κ3) is 5.98. The first-order chi connectivity index (χ1) is 16.6. The lowest BCUT2D eigenvalue weighted by molar-refractivity contribution is -0.149. The summed E-state index contributed by atoms with van der Waals surface area (Å²) < 4.78 is 35.5. The molecule has 190 valence electrons. The van der Waals surface area contributed by atoms with E-state index < -0.39 is 29.9 Å². The van der Waals surface area contributed by atoms with Gasteiger partial charge in [-0.3, -0.25) is 9.69 Å². The number of para-hydroxylation sites is 1. The monoisotopic (exact) mass is 491 g/mol. The Kier molecular flexibility index (Phi) is 8.14. The Hall–Kier alpha value is -3.43. The Morgan fingerprint density at radius 3 is 2.40 bits per heavy atom. The van der Waals surface area contributed by atoms with Crippen LogP contribution in [0.25, 0.3) is 0 Å². The van der Waals surface area contributed by atoms with Crippen LogP contribution in [-0.2, 0) is 4.79 Å². The van der Waals surface area contributed by atoms with Crippen molar-refractivity contribution < 1.29 is 33.0 Å². The van der Waals surface area contributed by atoms with Gasteiger partial charge in [0.1, 0.15) is 5.69 Å². The molecule has 0 saturated heterocycles. The number of hydrogen-bond acceptors (Lipinski definition) is 5. The number of benzene rings is 1. The molecule has 0 spiro atoms. The van der Waals surface area contributed by atoms with Gasteiger partial charge in [-0.25, -0.2) is 4.79 Å². The molecule has 10 heteroatoms. The van der Waals surface area contributed by atoms with Crippen molar-refractivity contribution >= 4 is 23.4 Å². The largest absolute Gasteiger partial charge is 0.481 e. The molecule has 8 nitrogen and oxygen atoms in total. The Labute approximate surface area is 203 Å². The summed E-state index contributed by atoms with van der Waals surface area (Å²) >= 11 is 0. The molecule has 1 aromatic heterocycles. The topological polar surface area (TPSA) is 101 Å². The molecule has 0 atom stereocenters. The number of carboxylic acids is 1. The lowest BCUT2D eigenvalue weighted by Gasteiger charge is -2.40. The molecule has 1 aliphatic rings. The number of pyridine rings is 1. The van der Waals surface area contributed by atoms with E-state index in [9.17, 15) is 23.5 Å². The fourth-order valence-electron chi connectivity index (χ4n) is 4.36. The number of nitrogens with one attached hydrogen (secondary N) is 1. The van der Waals surface area contributed by atoms with Gasteiger partial charge in [-0.05, 0) is 56.2 Å². The average Bonchev–Trinajstić information content (AvgIpc) is 2.81. The zero-order chi connectivity index (χ0) is 25.8. The molecular weight excluding hydrogens is 460 g/mol. The second-order valence-corrected chi connectivity index (χ2v) is 9.20. The van der Waals surface area contributed by atoms with Crippen LogP contribution in [0.5, 0.6) is 11.8 Å². The number of carbonyl (C=O) groups is 2. The molecule has 35 heavy (non-hydrogen) atoms. The zero-order valence-electron chi connectivity index (χ0n) is 20.3. The van der Waals surface area contributed by atoms with Crippen molar-refractivity contribution in [3.8, 4) is 11.8 Å². The van der Waals surface area contributed by atoms with E-state index in [4.69, 9.17) is 4.74 Å². The normalized spacial score (nSPS) is 19.9. The summed E-state index contributed by atoms with van der Waals surface area (Å²) in [7, 11) is 1.34. The van der Waals surface area contributed by atoms with Gasteiger partial charge in [-0.15, -0.1) is 0 Å². The number of nitrogens with zero attached hydrogens (tertiary/aromatic N) is 2. The Morgan fingerprint density at radius 1 is 1.17 bits per heavy atom. The predicted molar refractivity (Wildman–Crippen MR) is 127 cm³/mol. The minimum atomic E-state index is -3.14. The smallest absolute Gasteiger partial charge is 0.388 e. The molecule has 2 amide bonds. The van der Waals surface area contributed by atoms with Crippen LogP contribution in [0, 0.1) is 5.41 Å². The molecule has 0 radical (unpaired) electrons. The number of aliphatic carboxylic acids is 1. The summed E-state index contributed by atoms with van der Waals surface area (Å²) in [6.45, 7) is 2.60. The standard InChI is InChI=1S/C25H31F2N3O5/c1-15(2)17-7-5-6-8-19(17)30(16-11-13-25(3,14-12-16)22(31)32)24(33)28-18-9-10-20(34-4)29-21(18)35-23(26)27/h5-10,15-16,23H,11-14H2,1-4H3,(H,28,33)(H,31,32). The Bertz CT molecular complexity index is 1060. The highest BCUT2D eigenvalue weighted by Crippen LogP contribution is 2.41. The number of amides is 2. The second kappa shape index (κ2) is 10.9. The predicted octanol–water partition coefficient (Wildman–Crippen LogP) is 5.89. The number of rotatable bonds is 8. The molecule has 0 aliphatic heterocycles. The molecule has 2 aromatic rings. The van der Waals surface area contributed by atoms with Crippen LogP contribution in [0.3, 0.4) is 0 Å². The van der Waals surface area contributed by atoms with E-state index in [0.29, 0.717) is 31.4 Å². The fraction of sp³-hybridized carbons (Fsp3) is 0.480. The molecule has 0 bridgehead atoms. The lowest BCUT2D eigenvalue weighted by Crippen LogP contribution is -2.47. The third-order valence-corrected chi connectivity index (χ3v) is 6.46. The summed E-state index contributed by atoms with van der Waals surface area (Å²) in [5, 5.41) is 12.3. The molecule has 1 saturated carbocycles. The number of ether oxygens (including phenoxy) is 2. The highest BCUT2D eigenvalue weighted by Gasteiger charge is 2.41. The fourth-order valence-corrected chi connectivity index (χ4v) is 4.36. The number of methoxy groups -OCH3 is 1. The van der Waals surface area contributed by atoms with Gasteiger partial charge in [0.2, 0.25) is 11.8 Å². The number of anilines is 2. The number of hydrogen-bond donors (Lipinski definition) is 2. The molecule has 1 aliphatic carbocycles. The molecule has 2 N–H and O–H groups in total. The highest BCUT2D eigenvalue weighted by atomic mass is 19.3. The van der Waals surface area contributed by atoms with Crippen molar-refractivity contribution in [2.45, 2.75) is 65.0 Å².